The zero-order valence-corrected chi connectivity index (χ0v) is 12.5. The first kappa shape index (κ1) is 14.8. The van der Waals surface area contributed by atoms with Gasteiger partial charge in [-0.2, -0.15) is 0 Å². The average molecular weight is 293 g/mol. The molecule has 2 unspecified atom stereocenters. The largest absolute Gasteiger partial charge is 0.430 e. The van der Waals surface area contributed by atoms with Crippen molar-refractivity contribution < 1.29 is 14.3 Å². The van der Waals surface area contributed by atoms with Gasteiger partial charge in [0.05, 0.1) is 5.57 Å². The van der Waals surface area contributed by atoms with Crippen molar-refractivity contribution in [2.24, 2.45) is 11.8 Å². The van der Waals surface area contributed by atoms with Gasteiger partial charge in [-0.05, 0) is 24.1 Å². The van der Waals surface area contributed by atoms with Crippen LogP contribution in [0.4, 0.5) is 0 Å². The first-order valence-electron chi connectivity index (χ1n) is 6.63. The van der Waals surface area contributed by atoms with Crippen molar-refractivity contribution in [2.45, 2.75) is 27.2 Å². The molecule has 0 aliphatic heterocycles. The summed E-state index contributed by atoms with van der Waals surface area (Å²) < 4.78 is 5.31. The predicted octanol–water partition coefficient (Wildman–Crippen LogP) is 3.86. The van der Waals surface area contributed by atoms with E-state index in [1.807, 2.05) is 13.8 Å². The van der Waals surface area contributed by atoms with Gasteiger partial charge >= 0.3 is 5.97 Å². The highest BCUT2D eigenvalue weighted by Crippen LogP contribution is 2.37. The molecule has 2 atom stereocenters. The molecule has 1 aliphatic rings. The number of rotatable bonds is 2. The molecule has 0 N–H and O–H groups in total. The summed E-state index contributed by atoms with van der Waals surface area (Å²) in [6, 6.07) is 7.02. The van der Waals surface area contributed by atoms with Gasteiger partial charge < -0.3 is 4.74 Å². The lowest BCUT2D eigenvalue weighted by Gasteiger charge is -2.28. The Hall–Kier alpha value is -1.61. The van der Waals surface area contributed by atoms with Crippen molar-refractivity contribution in [3.8, 4) is 0 Å². The number of hydrogen-bond donors (Lipinski definition) is 0. The number of halogens is 1. The maximum atomic E-state index is 12.5. The number of benzene rings is 1. The number of ether oxygens (including phenoxy) is 1. The number of carbonyl (C=O) groups excluding carboxylic acids is 2. The molecule has 1 aliphatic carbocycles. The Labute approximate surface area is 123 Å². The van der Waals surface area contributed by atoms with Gasteiger partial charge in [0.1, 0.15) is 5.76 Å². The van der Waals surface area contributed by atoms with E-state index in [1.165, 1.54) is 6.92 Å². The van der Waals surface area contributed by atoms with Crippen LogP contribution in [-0.4, -0.2) is 11.8 Å². The Bertz CT molecular complexity index is 572. The summed E-state index contributed by atoms with van der Waals surface area (Å²) in [6.45, 7) is 5.22. The third kappa shape index (κ3) is 2.93. The normalized spacial score (nSPS) is 22.9. The highest BCUT2D eigenvalue weighted by atomic mass is 35.5. The van der Waals surface area contributed by atoms with Gasteiger partial charge in [0.15, 0.2) is 5.78 Å². The zero-order valence-electron chi connectivity index (χ0n) is 11.8. The maximum absolute atomic E-state index is 12.5. The van der Waals surface area contributed by atoms with Crippen LogP contribution in [0.2, 0.25) is 5.02 Å². The van der Waals surface area contributed by atoms with E-state index >= 15 is 0 Å². The Kier molecular flexibility index (Phi) is 4.29. The fourth-order valence-electron chi connectivity index (χ4n) is 2.57. The monoisotopic (exact) mass is 292 g/mol. The fourth-order valence-corrected chi connectivity index (χ4v) is 2.69. The number of allylic oxidation sites excluding steroid dienone is 2. The first-order valence-corrected chi connectivity index (χ1v) is 7.00. The van der Waals surface area contributed by atoms with E-state index in [0.29, 0.717) is 22.8 Å². The molecule has 2 rings (SSSR count). The lowest BCUT2D eigenvalue weighted by Crippen LogP contribution is -2.26. The summed E-state index contributed by atoms with van der Waals surface area (Å²) in [5.41, 5.74) is 1.25. The second kappa shape index (κ2) is 5.80. The van der Waals surface area contributed by atoms with Crippen molar-refractivity contribution in [3.63, 3.8) is 0 Å². The van der Waals surface area contributed by atoms with E-state index in [2.05, 4.69) is 0 Å². The Morgan fingerprint density at radius 3 is 2.35 bits per heavy atom. The molecule has 1 aromatic carbocycles. The van der Waals surface area contributed by atoms with Crippen molar-refractivity contribution in [3.05, 3.63) is 40.6 Å². The molecule has 0 fully saturated rings. The number of esters is 1. The van der Waals surface area contributed by atoms with E-state index in [0.717, 1.165) is 5.56 Å². The molecule has 4 heteroatoms. The lowest BCUT2D eigenvalue weighted by molar-refractivity contribution is -0.137. The van der Waals surface area contributed by atoms with E-state index in [9.17, 15) is 9.59 Å². The summed E-state index contributed by atoms with van der Waals surface area (Å²) in [4.78, 5) is 23.8. The summed E-state index contributed by atoms with van der Waals surface area (Å²) in [5.74, 6) is 0.0533. The molecule has 0 saturated heterocycles. The van der Waals surface area contributed by atoms with Crippen LogP contribution in [0.3, 0.4) is 0 Å². The van der Waals surface area contributed by atoms with Gasteiger partial charge in [0.25, 0.3) is 0 Å². The molecule has 0 amide bonds. The summed E-state index contributed by atoms with van der Waals surface area (Å²) in [7, 11) is 0. The number of ketones is 1. The van der Waals surface area contributed by atoms with Gasteiger partial charge in [-0.25, -0.2) is 0 Å². The number of hydrogen-bond acceptors (Lipinski definition) is 3. The quantitative estimate of drug-likeness (QED) is 0.777. The molecule has 0 aromatic heterocycles. The van der Waals surface area contributed by atoms with Gasteiger partial charge in [-0.1, -0.05) is 37.6 Å². The SMILES string of the molecule is CC(=O)OC1=C(c2ccc(Cl)cc2)C(=O)C(C)CC1C. The molecule has 0 saturated carbocycles. The lowest BCUT2D eigenvalue weighted by atomic mass is 9.79. The fraction of sp³-hybridized carbons (Fsp3) is 0.375. The predicted molar refractivity (Wildman–Crippen MR) is 78.1 cm³/mol. The third-order valence-electron chi connectivity index (χ3n) is 3.48. The smallest absolute Gasteiger partial charge is 0.307 e. The van der Waals surface area contributed by atoms with Crippen LogP contribution in [-0.2, 0) is 14.3 Å². The third-order valence-corrected chi connectivity index (χ3v) is 3.73. The molecule has 0 bridgehead atoms. The van der Waals surface area contributed by atoms with Crippen LogP contribution < -0.4 is 0 Å². The number of carbonyl (C=O) groups is 2. The Balaban J connectivity index is 2.57. The van der Waals surface area contributed by atoms with Crippen LogP contribution >= 0.6 is 11.6 Å². The van der Waals surface area contributed by atoms with Crippen LogP contribution in [0.15, 0.2) is 30.0 Å². The van der Waals surface area contributed by atoms with Gasteiger partial charge in [-0.3, -0.25) is 9.59 Å². The van der Waals surface area contributed by atoms with Crippen molar-refractivity contribution in [2.75, 3.05) is 0 Å². The topological polar surface area (TPSA) is 43.4 Å². The maximum Gasteiger partial charge on any atom is 0.307 e. The average Bonchev–Trinajstić information content (AvgIpc) is 2.37. The van der Waals surface area contributed by atoms with E-state index in [1.54, 1.807) is 24.3 Å². The Morgan fingerprint density at radius 1 is 1.20 bits per heavy atom. The molecular weight excluding hydrogens is 276 g/mol. The van der Waals surface area contributed by atoms with Gasteiger partial charge in [0.2, 0.25) is 0 Å². The standard InChI is InChI=1S/C16H17ClO3/c1-9-8-10(2)16(20-11(3)18)14(15(9)19)12-4-6-13(17)7-5-12/h4-7,9-10H,8H2,1-3H3. The molecule has 20 heavy (non-hydrogen) atoms. The van der Waals surface area contributed by atoms with Crippen LogP contribution in [0.5, 0.6) is 0 Å². The minimum atomic E-state index is -0.402. The molecule has 3 nitrogen and oxygen atoms in total. The highest BCUT2D eigenvalue weighted by Gasteiger charge is 2.34. The Morgan fingerprint density at radius 2 is 1.80 bits per heavy atom. The summed E-state index contributed by atoms with van der Waals surface area (Å²) >= 11 is 5.88. The first-order chi connectivity index (χ1) is 9.40. The summed E-state index contributed by atoms with van der Waals surface area (Å²) in [5, 5.41) is 0.604. The van der Waals surface area contributed by atoms with Crippen molar-refractivity contribution in [1.29, 1.82) is 0 Å². The van der Waals surface area contributed by atoms with Crippen LogP contribution in [0, 0.1) is 11.8 Å². The minimum absolute atomic E-state index is 0.0154. The van der Waals surface area contributed by atoms with Crippen LogP contribution in [0.1, 0.15) is 32.8 Å². The van der Waals surface area contributed by atoms with Crippen molar-refractivity contribution in [1.82, 2.24) is 0 Å². The zero-order chi connectivity index (χ0) is 14.9. The minimum Gasteiger partial charge on any atom is -0.430 e. The highest BCUT2D eigenvalue weighted by molar-refractivity contribution is 6.30. The van der Waals surface area contributed by atoms with E-state index in [4.69, 9.17) is 16.3 Å². The molecular formula is C16H17ClO3. The molecule has 0 spiro atoms. The van der Waals surface area contributed by atoms with E-state index < -0.39 is 5.97 Å². The summed E-state index contributed by atoms with van der Waals surface area (Å²) in [6.07, 6.45) is 0.693. The number of Topliss-reactive ketones (excluding diaryl/α,β-unsaturated/α-hetero) is 1. The molecule has 0 heterocycles. The second-order valence-corrected chi connectivity index (χ2v) is 5.68. The molecule has 1 aromatic rings. The van der Waals surface area contributed by atoms with Crippen LogP contribution in [0.25, 0.3) is 5.57 Å². The van der Waals surface area contributed by atoms with Crippen molar-refractivity contribution >= 4 is 28.9 Å². The van der Waals surface area contributed by atoms with Gasteiger partial charge in [-0.15, -0.1) is 0 Å². The second-order valence-electron chi connectivity index (χ2n) is 5.24. The van der Waals surface area contributed by atoms with E-state index in [-0.39, 0.29) is 17.6 Å². The molecule has 0 radical (unpaired) electrons. The van der Waals surface area contributed by atoms with Gasteiger partial charge in [0, 0.05) is 23.8 Å². The molecule has 106 valence electrons.